The highest BCUT2D eigenvalue weighted by Gasteiger charge is 2.32. The lowest BCUT2D eigenvalue weighted by Gasteiger charge is -2.13. The number of aliphatic hydroxyl groups is 1. The normalized spacial score (nSPS) is 16.5. The third kappa shape index (κ3) is 5.71. The van der Waals surface area contributed by atoms with E-state index in [9.17, 15) is 14.4 Å². The smallest absolute Gasteiger partial charge is 0.326 e. The average Bonchev–Trinajstić information content (AvgIpc) is 2.69. The largest absolute Gasteiger partial charge is 0.396 e. The second kappa shape index (κ2) is 8.61. The maximum Gasteiger partial charge on any atom is 0.326 e. The maximum absolute atomic E-state index is 11.6. The number of amides is 4. The Morgan fingerprint density at radius 2 is 2.10 bits per heavy atom. The van der Waals surface area contributed by atoms with Gasteiger partial charge in [-0.05, 0) is 25.2 Å². The molecule has 4 amide bonds. The number of rotatable bonds is 9. The number of urea groups is 1. The summed E-state index contributed by atoms with van der Waals surface area (Å²) in [6.45, 7) is 3.13. The molecule has 120 valence electrons. The van der Waals surface area contributed by atoms with Gasteiger partial charge in [0, 0.05) is 33.2 Å². The maximum atomic E-state index is 11.6. The molecule has 1 fully saturated rings. The minimum absolute atomic E-state index is 0.0703. The van der Waals surface area contributed by atoms with Crippen molar-refractivity contribution in [2.45, 2.75) is 32.6 Å². The Morgan fingerprint density at radius 1 is 1.38 bits per heavy atom. The van der Waals surface area contributed by atoms with Crippen molar-refractivity contribution in [2.24, 2.45) is 5.92 Å². The zero-order chi connectivity index (χ0) is 15.8. The van der Waals surface area contributed by atoms with Gasteiger partial charge in [0.1, 0.15) is 6.54 Å². The zero-order valence-corrected chi connectivity index (χ0v) is 12.8. The van der Waals surface area contributed by atoms with Crippen molar-refractivity contribution in [1.29, 1.82) is 0 Å². The van der Waals surface area contributed by atoms with Gasteiger partial charge < -0.3 is 15.3 Å². The van der Waals surface area contributed by atoms with Crippen LogP contribution in [-0.2, 0) is 9.59 Å². The third-order valence-corrected chi connectivity index (χ3v) is 3.52. The first-order valence-corrected chi connectivity index (χ1v) is 7.38. The lowest BCUT2D eigenvalue weighted by Crippen LogP contribution is -2.33. The summed E-state index contributed by atoms with van der Waals surface area (Å²) < 4.78 is 0. The van der Waals surface area contributed by atoms with Gasteiger partial charge >= 0.3 is 6.03 Å². The number of likely N-dealkylation sites (N-methyl/N-ethyl adjacent to an activating group) is 1. The molecule has 0 radical (unpaired) electrons. The second-order valence-corrected chi connectivity index (χ2v) is 5.57. The summed E-state index contributed by atoms with van der Waals surface area (Å²) in [5.74, 6) is -0.0221. The molecule has 0 bridgehead atoms. The van der Waals surface area contributed by atoms with Gasteiger partial charge in [-0.2, -0.15) is 0 Å². The van der Waals surface area contributed by atoms with E-state index in [1.807, 2.05) is 6.92 Å². The zero-order valence-electron chi connectivity index (χ0n) is 12.8. The molecule has 0 aromatic rings. The first kappa shape index (κ1) is 17.4. The van der Waals surface area contributed by atoms with E-state index < -0.39 is 0 Å². The van der Waals surface area contributed by atoms with Crippen LogP contribution in [0.1, 0.15) is 32.6 Å². The summed E-state index contributed by atoms with van der Waals surface area (Å²) in [6, 6.07) is -0.293. The fourth-order valence-corrected chi connectivity index (χ4v) is 2.14. The molecule has 0 aromatic heterocycles. The first-order valence-electron chi connectivity index (χ1n) is 7.38. The number of imide groups is 1. The van der Waals surface area contributed by atoms with Crippen LogP contribution >= 0.6 is 0 Å². The van der Waals surface area contributed by atoms with Crippen molar-refractivity contribution in [3.05, 3.63) is 0 Å². The number of nitrogens with one attached hydrogen (secondary N) is 1. The molecular weight excluding hydrogens is 274 g/mol. The predicted molar refractivity (Wildman–Crippen MR) is 77.5 cm³/mol. The summed E-state index contributed by atoms with van der Waals surface area (Å²) in [6.07, 6.45) is 2.49. The van der Waals surface area contributed by atoms with Crippen LogP contribution in [0.15, 0.2) is 0 Å². The molecule has 21 heavy (non-hydrogen) atoms. The van der Waals surface area contributed by atoms with Crippen LogP contribution in [0.4, 0.5) is 4.79 Å². The van der Waals surface area contributed by atoms with E-state index in [1.54, 1.807) is 7.05 Å². The molecule has 1 heterocycles. The van der Waals surface area contributed by atoms with Crippen LogP contribution in [0.25, 0.3) is 0 Å². The van der Waals surface area contributed by atoms with Gasteiger partial charge in [0.15, 0.2) is 0 Å². The first-order chi connectivity index (χ1) is 9.95. The minimum Gasteiger partial charge on any atom is -0.396 e. The molecule has 7 nitrogen and oxygen atoms in total. The van der Waals surface area contributed by atoms with Gasteiger partial charge in [0.25, 0.3) is 0 Å². The standard InChI is InChI=1S/C14H25N3O4/c1-11(10-18)5-3-7-15-12(19)6-4-8-17-13(20)9-16(2)14(17)21/h11,18H,3-10H2,1-2H3,(H,15,19). The third-order valence-electron chi connectivity index (χ3n) is 3.52. The number of aliphatic hydroxyl groups excluding tert-OH is 1. The Hall–Kier alpha value is -1.63. The molecule has 0 aliphatic carbocycles. The Kier molecular flexibility index (Phi) is 7.14. The fraction of sp³-hybridized carbons (Fsp3) is 0.786. The number of carbonyl (C=O) groups excluding carboxylic acids is 3. The van der Waals surface area contributed by atoms with Crippen LogP contribution in [0, 0.1) is 5.92 Å². The van der Waals surface area contributed by atoms with Crippen LogP contribution in [-0.4, -0.2) is 66.0 Å². The van der Waals surface area contributed by atoms with Crippen LogP contribution < -0.4 is 5.32 Å². The van der Waals surface area contributed by atoms with E-state index in [0.717, 1.165) is 12.8 Å². The molecule has 7 heteroatoms. The van der Waals surface area contributed by atoms with Crippen molar-refractivity contribution in [1.82, 2.24) is 15.1 Å². The highest BCUT2D eigenvalue weighted by atomic mass is 16.3. The SMILES string of the molecule is CC(CO)CCCNC(=O)CCCN1C(=O)CN(C)C1=O. The highest BCUT2D eigenvalue weighted by Crippen LogP contribution is 2.09. The molecular formula is C14H25N3O4. The van der Waals surface area contributed by atoms with Crippen LogP contribution in [0.5, 0.6) is 0 Å². The van der Waals surface area contributed by atoms with E-state index in [0.29, 0.717) is 19.4 Å². The van der Waals surface area contributed by atoms with Crippen molar-refractivity contribution < 1.29 is 19.5 Å². The lowest BCUT2D eigenvalue weighted by atomic mass is 10.1. The van der Waals surface area contributed by atoms with Crippen molar-refractivity contribution in [3.63, 3.8) is 0 Å². The minimum atomic E-state index is -0.293. The number of hydrogen-bond donors (Lipinski definition) is 2. The Labute approximate surface area is 125 Å². The van der Waals surface area contributed by atoms with Crippen LogP contribution in [0.3, 0.4) is 0 Å². The molecule has 0 saturated carbocycles. The summed E-state index contributed by atoms with van der Waals surface area (Å²) in [7, 11) is 1.58. The van der Waals surface area contributed by atoms with E-state index >= 15 is 0 Å². The summed E-state index contributed by atoms with van der Waals surface area (Å²) in [5.41, 5.74) is 0. The Bertz CT molecular complexity index is 386. The number of nitrogens with zero attached hydrogens (tertiary/aromatic N) is 2. The van der Waals surface area contributed by atoms with E-state index in [4.69, 9.17) is 5.11 Å². The highest BCUT2D eigenvalue weighted by molar-refractivity contribution is 6.01. The molecule has 0 aromatic carbocycles. The van der Waals surface area contributed by atoms with Gasteiger partial charge in [-0.1, -0.05) is 6.92 Å². The van der Waals surface area contributed by atoms with Crippen molar-refractivity contribution >= 4 is 17.8 Å². The van der Waals surface area contributed by atoms with E-state index in [-0.39, 0.29) is 43.5 Å². The van der Waals surface area contributed by atoms with Gasteiger partial charge in [-0.15, -0.1) is 0 Å². The Balaban J connectivity index is 2.11. The van der Waals surface area contributed by atoms with Crippen molar-refractivity contribution in [2.75, 3.05) is 33.3 Å². The summed E-state index contributed by atoms with van der Waals surface area (Å²) in [4.78, 5) is 37.3. The fourth-order valence-electron chi connectivity index (χ4n) is 2.14. The van der Waals surface area contributed by atoms with Gasteiger partial charge in [0.2, 0.25) is 11.8 Å². The topological polar surface area (TPSA) is 89.9 Å². The molecule has 1 atom stereocenters. The van der Waals surface area contributed by atoms with Crippen LogP contribution in [0.2, 0.25) is 0 Å². The Morgan fingerprint density at radius 3 is 2.67 bits per heavy atom. The lowest BCUT2D eigenvalue weighted by molar-refractivity contribution is -0.126. The molecule has 1 unspecified atom stereocenters. The quantitative estimate of drug-likeness (QED) is 0.469. The molecule has 1 aliphatic heterocycles. The second-order valence-electron chi connectivity index (χ2n) is 5.57. The van der Waals surface area contributed by atoms with Gasteiger partial charge in [-0.25, -0.2) is 4.79 Å². The molecule has 1 saturated heterocycles. The molecule has 1 aliphatic rings. The summed E-state index contributed by atoms with van der Waals surface area (Å²) in [5, 5.41) is 11.7. The molecule has 1 rings (SSSR count). The molecule has 0 spiro atoms. The van der Waals surface area contributed by atoms with Crippen molar-refractivity contribution in [3.8, 4) is 0 Å². The van der Waals surface area contributed by atoms with Gasteiger partial charge in [-0.3, -0.25) is 14.5 Å². The predicted octanol–water partition coefficient (Wildman–Crippen LogP) is 0.185. The van der Waals surface area contributed by atoms with Gasteiger partial charge in [0.05, 0.1) is 0 Å². The number of carbonyl (C=O) groups is 3. The van der Waals surface area contributed by atoms with E-state index in [1.165, 1.54) is 9.80 Å². The average molecular weight is 299 g/mol. The number of hydrogen-bond acceptors (Lipinski definition) is 4. The van der Waals surface area contributed by atoms with E-state index in [2.05, 4.69) is 5.32 Å². The monoisotopic (exact) mass is 299 g/mol. The molecule has 2 N–H and O–H groups in total. The summed E-state index contributed by atoms with van der Waals surface area (Å²) >= 11 is 0.